The van der Waals surface area contributed by atoms with Crippen molar-refractivity contribution >= 4 is 16.7 Å². The summed E-state index contributed by atoms with van der Waals surface area (Å²) < 4.78 is 5.40. The van der Waals surface area contributed by atoms with Crippen LogP contribution >= 0.6 is 0 Å². The van der Waals surface area contributed by atoms with E-state index in [2.05, 4.69) is 37.1 Å². The molecular formula is C17H24N4O. The largest absolute Gasteiger partial charge is 0.379 e. The van der Waals surface area contributed by atoms with Gasteiger partial charge in [0.15, 0.2) is 0 Å². The second-order valence-corrected chi connectivity index (χ2v) is 6.77. The van der Waals surface area contributed by atoms with Crippen LogP contribution in [0.15, 0.2) is 24.3 Å². The molecule has 1 aromatic carbocycles. The van der Waals surface area contributed by atoms with Crippen LogP contribution < -0.4 is 5.32 Å². The Kier molecular flexibility index (Phi) is 4.27. The van der Waals surface area contributed by atoms with Gasteiger partial charge in [0.1, 0.15) is 11.6 Å². The molecule has 0 bridgehead atoms. The van der Waals surface area contributed by atoms with Crippen LogP contribution in [0.25, 0.3) is 10.9 Å². The molecule has 2 aromatic rings. The fourth-order valence-corrected chi connectivity index (χ4v) is 2.61. The van der Waals surface area contributed by atoms with E-state index >= 15 is 0 Å². The minimum absolute atomic E-state index is 0.0344. The van der Waals surface area contributed by atoms with Crippen LogP contribution in [0.4, 0.5) is 5.82 Å². The van der Waals surface area contributed by atoms with Gasteiger partial charge in [-0.05, 0) is 32.9 Å². The number of ether oxygens (including phenoxy) is 1. The quantitative estimate of drug-likeness (QED) is 0.944. The number of morpholine rings is 1. The zero-order valence-corrected chi connectivity index (χ0v) is 13.6. The molecule has 5 nitrogen and oxygen atoms in total. The molecular weight excluding hydrogens is 276 g/mol. The van der Waals surface area contributed by atoms with Crippen LogP contribution in [0, 0.1) is 0 Å². The third-order valence-corrected chi connectivity index (χ3v) is 3.61. The maximum Gasteiger partial charge on any atom is 0.145 e. The van der Waals surface area contributed by atoms with E-state index in [0.29, 0.717) is 0 Å². The topological polar surface area (TPSA) is 50.3 Å². The molecule has 1 aromatic heterocycles. The second-order valence-electron chi connectivity index (χ2n) is 6.77. The molecule has 2 heterocycles. The van der Waals surface area contributed by atoms with Gasteiger partial charge in [0.2, 0.25) is 0 Å². The molecule has 0 unspecified atom stereocenters. The molecule has 0 radical (unpaired) electrons. The Labute approximate surface area is 131 Å². The highest BCUT2D eigenvalue weighted by atomic mass is 16.5. The van der Waals surface area contributed by atoms with Gasteiger partial charge in [-0.1, -0.05) is 12.1 Å². The van der Waals surface area contributed by atoms with Gasteiger partial charge in [-0.15, -0.1) is 0 Å². The average Bonchev–Trinajstić information content (AvgIpc) is 2.47. The smallest absolute Gasteiger partial charge is 0.145 e. The van der Waals surface area contributed by atoms with Gasteiger partial charge >= 0.3 is 0 Å². The van der Waals surface area contributed by atoms with Gasteiger partial charge in [-0.25, -0.2) is 9.97 Å². The molecule has 5 heteroatoms. The summed E-state index contributed by atoms with van der Waals surface area (Å²) in [6.07, 6.45) is 0. The number of benzene rings is 1. The first-order valence-electron chi connectivity index (χ1n) is 7.85. The van der Waals surface area contributed by atoms with Crippen LogP contribution in [-0.4, -0.2) is 46.7 Å². The van der Waals surface area contributed by atoms with Crippen molar-refractivity contribution in [3.05, 3.63) is 30.1 Å². The lowest BCUT2D eigenvalue weighted by Crippen LogP contribution is -2.36. The molecule has 118 valence electrons. The van der Waals surface area contributed by atoms with E-state index in [1.807, 2.05) is 18.2 Å². The Hall–Kier alpha value is -1.72. The van der Waals surface area contributed by atoms with E-state index in [4.69, 9.17) is 14.7 Å². The van der Waals surface area contributed by atoms with Crippen molar-refractivity contribution in [2.45, 2.75) is 32.9 Å². The Morgan fingerprint density at radius 1 is 1.14 bits per heavy atom. The maximum atomic E-state index is 5.40. The predicted molar refractivity (Wildman–Crippen MR) is 89.0 cm³/mol. The van der Waals surface area contributed by atoms with Crippen LogP contribution in [0.1, 0.15) is 26.6 Å². The molecule has 0 amide bonds. The van der Waals surface area contributed by atoms with E-state index < -0.39 is 0 Å². The van der Waals surface area contributed by atoms with Crippen LogP contribution in [-0.2, 0) is 11.3 Å². The van der Waals surface area contributed by atoms with E-state index in [9.17, 15) is 0 Å². The number of hydrogen-bond donors (Lipinski definition) is 1. The average molecular weight is 300 g/mol. The summed E-state index contributed by atoms with van der Waals surface area (Å²) in [4.78, 5) is 11.8. The lowest BCUT2D eigenvalue weighted by atomic mass is 10.1. The SMILES string of the molecule is CC(C)(C)Nc1nc(CN2CCOCC2)nc2ccccc12. The third-order valence-electron chi connectivity index (χ3n) is 3.61. The highest BCUT2D eigenvalue weighted by Crippen LogP contribution is 2.23. The summed E-state index contributed by atoms with van der Waals surface area (Å²) in [7, 11) is 0. The fourth-order valence-electron chi connectivity index (χ4n) is 2.61. The molecule has 3 rings (SSSR count). The first-order chi connectivity index (χ1) is 10.5. The molecule has 22 heavy (non-hydrogen) atoms. The van der Waals surface area contributed by atoms with Crippen LogP contribution in [0.5, 0.6) is 0 Å². The number of fused-ring (bicyclic) bond motifs is 1. The summed E-state index contributed by atoms with van der Waals surface area (Å²) in [5.41, 5.74) is 0.959. The molecule has 1 aliphatic rings. The second kappa shape index (κ2) is 6.18. The van der Waals surface area contributed by atoms with E-state index in [1.165, 1.54) is 0 Å². The molecule has 1 fully saturated rings. The molecule has 1 aliphatic heterocycles. The summed E-state index contributed by atoms with van der Waals surface area (Å²) >= 11 is 0. The summed E-state index contributed by atoms with van der Waals surface area (Å²) in [6.45, 7) is 10.7. The lowest BCUT2D eigenvalue weighted by molar-refractivity contribution is 0.0331. The molecule has 1 saturated heterocycles. The number of nitrogens with one attached hydrogen (secondary N) is 1. The third kappa shape index (κ3) is 3.72. The monoisotopic (exact) mass is 300 g/mol. The maximum absolute atomic E-state index is 5.40. The van der Waals surface area contributed by atoms with Crippen molar-refractivity contribution in [1.82, 2.24) is 14.9 Å². The number of hydrogen-bond acceptors (Lipinski definition) is 5. The predicted octanol–water partition coefficient (Wildman–Crippen LogP) is 2.67. The molecule has 0 atom stereocenters. The molecule has 1 N–H and O–H groups in total. The number of nitrogens with zero attached hydrogens (tertiary/aromatic N) is 3. The van der Waals surface area contributed by atoms with Gasteiger partial charge in [0.25, 0.3) is 0 Å². The van der Waals surface area contributed by atoms with E-state index in [0.717, 1.165) is 55.4 Å². The summed E-state index contributed by atoms with van der Waals surface area (Å²) in [5.74, 6) is 1.79. The van der Waals surface area contributed by atoms with Gasteiger partial charge in [0.05, 0.1) is 25.3 Å². The fraction of sp³-hybridized carbons (Fsp3) is 0.529. The highest BCUT2D eigenvalue weighted by molar-refractivity contribution is 5.89. The lowest BCUT2D eigenvalue weighted by Gasteiger charge is -2.27. The normalized spacial score (nSPS) is 16.9. The van der Waals surface area contributed by atoms with Gasteiger partial charge in [-0.3, -0.25) is 4.90 Å². The minimum Gasteiger partial charge on any atom is -0.379 e. The van der Waals surface area contributed by atoms with Gasteiger partial charge in [-0.2, -0.15) is 0 Å². The van der Waals surface area contributed by atoms with Gasteiger partial charge in [0, 0.05) is 24.0 Å². The Balaban J connectivity index is 1.93. The Morgan fingerprint density at radius 2 is 1.86 bits per heavy atom. The summed E-state index contributed by atoms with van der Waals surface area (Å²) in [5, 5.41) is 4.58. The van der Waals surface area contributed by atoms with Crippen molar-refractivity contribution < 1.29 is 4.74 Å². The van der Waals surface area contributed by atoms with E-state index in [-0.39, 0.29) is 5.54 Å². The first-order valence-corrected chi connectivity index (χ1v) is 7.85. The standard InChI is InChI=1S/C17H24N4O/c1-17(2,3)20-16-13-6-4-5-7-14(13)18-15(19-16)12-21-8-10-22-11-9-21/h4-7H,8-12H2,1-3H3,(H,18,19,20). The Morgan fingerprint density at radius 3 is 2.59 bits per heavy atom. The number of anilines is 1. The molecule has 0 saturated carbocycles. The highest BCUT2D eigenvalue weighted by Gasteiger charge is 2.17. The molecule has 0 spiro atoms. The van der Waals surface area contributed by atoms with Crippen LogP contribution in [0.3, 0.4) is 0 Å². The Bertz CT molecular complexity index is 645. The van der Waals surface area contributed by atoms with Crippen LogP contribution in [0.2, 0.25) is 0 Å². The first kappa shape index (κ1) is 15.2. The van der Waals surface area contributed by atoms with Crippen molar-refractivity contribution in [3.63, 3.8) is 0 Å². The summed E-state index contributed by atoms with van der Waals surface area (Å²) in [6, 6.07) is 8.17. The zero-order valence-electron chi connectivity index (χ0n) is 13.6. The number of para-hydroxylation sites is 1. The van der Waals surface area contributed by atoms with E-state index in [1.54, 1.807) is 0 Å². The van der Waals surface area contributed by atoms with Crippen molar-refractivity contribution in [2.24, 2.45) is 0 Å². The van der Waals surface area contributed by atoms with Crippen molar-refractivity contribution in [3.8, 4) is 0 Å². The minimum atomic E-state index is -0.0344. The zero-order chi connectivity index (χ0) is 15.6. The van der Waals surface area contributed by atoms with Gasteiger partial charge < -0.3 is 10.1 Å². The number of rotatable bonds is 3. The van der Waals surface area contributed by atoms with Crippen molar-refractivity contribution in [2.75, 3.05) is 31.6 Å². The molecule has 0 aliphatic carbocycles. The number of aromatic nitrogens is 2. The van der Waals surface area contributed by atoms with Crippen molar-refractivity contribution in [1.29, 1.82) is 0 Å².